The predicted molar refractivity (Wildman–Crippen MR) is 102 cm³/mol. The monoisotopic (exact) mass is 396 g/mol. The van der Waals surface area contributed by atoms with E-state index in [2.05, 4.69) is 10.3 Å². The van der Waals surface area contributed by atoms with E-state index in [1.165, 1.54) is 18.4 Å². The lowest BCUT2D eigenvalue weighted by atomic mass is 10.3. The predicted octanol–water partition coefficient (Wildman–Crippen LogP) is 4.52. The number of sulfone groups is 1. The molecule has 0 spiro atoms. The highest BCUT2D eigenvalue weighted by Crippen LogP contribution is 2.34. The van der Waals surface area contributed by atoms with Crippen LogP contribution in [0.25, 0.3) is 11.7 Å². The van der Waals surface area contributed by atoms with Gasteiger partial charge in [0.2, 0.25) is 20.7 Å². The Balaban J connectivity index is 1.82. The number of methoxy groups -OCH3 is 1. The molecule has 28 heavy (non-hydrogen) atoms. The van der Waals surface area contributed by atoms with Crippen LogP contribution in [0, 0.1) is 0 Å². The summed E-state index contributed by atoms with van der Waals surface area (Å²) in [4.78, 5) is 4.31. The zero-order valence-electron chi connectivity index (χ0n) is 14.8. The summed E-state index contributed by atoms with van der Waals surface area (Å²) in [6.45, 7) is 0. The molecule has 0 bridgehead atoms. The molecule has 2 heterocycles. The van der Waals surface area contributed by atoms with Gasteiger partial charge in [-0.25, -0.2) is 8.42 Å². The standard InChI is InChI=1S/C20H16N2O5S/c1-25-15-8-5-7-14(13-15)21-19-20(22-18(27-19)17-11-6-12-26-17)28(23,24)16-9-3-2-4-10-16/h2-13,21H,1H3. The van der Waals surface area contributed by atoms with Crippen molar-refractivity contribution in [3.05, 3.63) is 73.0 Å². The first-order valence-electron chi connectivity index (χ1n) is 8.34. The Bertz CT molecular complexity index is 1180. The molecule has 4 rings (SSSR count). The molecule has 0 amide bonds. The van der Waals surface area contributed by atoms with E-state index in [0.717, 1.165) is 0 Å². The van der Waals surface area contributed by atoms with Crippen LogP contribution in [0.1, 0.15) is 0 Å². The lowest BCUT2D eigenvalue weighted by Crippen LogP contribution is -2.05. The fourth-order valence-corrected chi connectivity index (χ4v) is 3.89. The van der Waals surface area contributed by atoms with Crippen LogP contribution >= 0.6 is 0 Å². The van der Waals surface area contributed by atoms with Crippen molar-refractivity contribution in [1.82, 2.24) is 4.98 Å². The number of ether oxygens (including phenoxy) is 1. The zero-order valence-corrected chi connectivity index (χ0v) is 15.6. The molecule has 0 atom stereocenters. The number of hydrogen-bond donors (Lipinski definition) is 1. The van der Waals surface area contributed by atoms with Crippen LogP contribution in [0.5, 0.6) is 5.75 Å². The summed E-state index contributed by atoms with van der Waals surface area (Å²) in [6.07, 6.45) is 1.46. The first-order valence-corrected chi connectivity index (χ1v) is 9.82. The van der Waals surface area contributed by atoms with E-state index in [-0.39, 0.29) is 21.7 Å². The number of aromatic nitrogens is 1. The topological polar surface area (TPSA) is 94.6 Å². The fourth-order valence-electron chi connectivity index (χ4n) is 2.62. The highest BCUT2D eigenvalue weighted by atomic mass is 32.2. The number of hydrogen-bond acceptors (Lipinski definition) is 7. The quantitative estimate of drug-likeness (QED) is 0.512. The second kappa shape index (κ2) is 7.24. The minimum absolute atomic E-state index is 0.0106. The summed E-state index contributed by atoms with van der Waals surface area (Å²) in [6, 6.07) is 18.4. The van der Waals surface area contributed by atoms with Gasteiger partial charge in [-0.1, -0.05) is 24.3 Å². The molecule has 142 valence electrons. The van der Waals surface area contributed by atoms with Gasteiger partial charge in [-0.15, -0.1) is 0 Å². The SMILES string of the molecule is COc1cccc(Nc2oc(-c3ccco3)nc2S(=O)(=O)c2ccccc2)c1. The highest BCUT2D eigenvalue weighted by molar-refractivity contribution is 7.91. The van der Waals surface area contributed by atoms with Crippen molar-refractivity contribution in [3.8, 4) is 17.4 Å². The van der Waals surface area contributed by atoms with Gasteiger partial charge in [-0.2, -0.15) is 4.98 Å². The maximum Gasteiger partial charge on any atom is 0.266 e. The van der Waals surface area contributed by atoms with E-state index < -0.39 is 9.84 Å². The number of rotatable bonds is 6. The molecule has 0 aliphatic heterocycles. The molecule has 1 N–H and O–H groups in total. The van der Waals surface area contributed by atoms with Crippen molar-refractivity contribution in [1.29, 1.82) is 0 Å². The van der Waals surface area contributed by atoms with Crippen molar-refractivity contribution < 1.29 is 22.0 Å². The van der Waals surface area contributed by atoms with Crippen LogP contribution in [0.3, 0.4) is 0 Å². The normalized spacial score (nSPS) is 11.3. The Labute approximate surface area is 161 Å². The molecule has 7 nitrogen and oxygen atoms in total. The van der Waals surface area contributed by atoms with E-state index in [1.54, 1.807) is 61.7 Å². The third-order valence-electron chi connectivity index (χ3n) is 3.96. The molecule has 8 heteroatoms. The molecule has 0 aliphatic rings. The highest BCUT2D eigenvalue weighted by Gasteiger charge is 2.29. The molecule has 4 aromatic rings. The number of nitrogens with one attached hydrogen (secondary N) is 1. The van der Waals surface area contributed by atoms with E-state index in [4.69, 9.17) is 13.6 Å². The Kier molecular flexibility index (Phi) is 4.62. The average molecular weight is 396 g/mol. The van der Waals surface area contributed by atoms with Gasteiger partial charge in [-0.05, 0) is 36.4 Å². The summed E-state index contributed by atoms with van der Waals surface area (Å²) in [7, 11) is -2.37. The largest absolute Gasteiger partial charge is 0.497 e. The van der Waals surface area contributed by atoms with Crippen LogP contribution in [0.2, 0.25) is 0 Å². The maximum atomic E-state index is 13.1. The number of benzene rings is 2. The van der Waals surface area contributed by atoms with Crippen LogP contribution in [0.4, 0.5) is 11.6 Å². The number of anilines is 2. The Morgan fingerprint density at radius 2 is 1.82 bits per heavy atom. The Morgan fingerprint density at radius 3 is 2.54 bits per heavy atom. The van der Waals surface area contributed by atoms with Crippen molar-refractivity contribution in [3.63, 3.8) is 0 Å². The van der Waals surface area contributed by atoms with Crippen LogP contribution < -0.4 is 10.1 Å². The van der Waals surface area contributed by atoms with Gasteiger partial charge in [0.15, 0.2) is 5.76 Å². The molecule has 0 aliphatic carbocycles. The van der Waals surface area contributed by atoms with Crippen molar-refractivity contribution in [2.24, 2.45) is 0 Å². The summed E-state index contributed by atoms with van der Waals surface area (Å²) < 4.78 is 42.5. The van der Waals surface area contributed by atoms with Gasteiger partial charge in [0, 0.05) is 11.8 Å². The molecular weight excluding hydrogens is 380 g/mol. The lowest BCUT2D eigenvalue weighted by molar-refractivity contribution is 0.415. The summed E-state index contributed by atoms with van der Waals surface area (Å²) in [5, 5.41) is 2.75. The molecule has 0 saturated heterocycles. The maximum absolute atomic E-state index is 13.1. The van der Waals surface area contributed by atoms with Crippen LogP contribution in [-0.2, 0) is 9.84 Å². The van der Waals surface area contributed by atoms with Crippen molar-refractivity contribution in [2.45, 2.75) is 9.92 Å². The molecular formula is C20H16N2O5S. The smallest absolute Gasteiger partial charge is 0.266 e. The first-order chi connectivity index (χ1) is 13.6. The zero-order chi connectivity index (χ0) is 19.6. The van der Waals surface area contributed by atoms with E-state index in [0.29, 0.717) is 17.2 Å². The number of nitrogens with zero attached hydrogens (tertiary/aromatic N) is 1. The van der Waals surface area contributed by atoms with Crippen LogP contribution in [-0.4, -0.2) is 20.5 Å². The van der Waals surface area contributed by atoms with Crippen LogP contribution in [0.15, 0.2) is 91.7 Å². The fraction of sp³-hybridized carbons (Fsp3) is 0.0500. The molecule has 0 radical (unpaired) electrons. The van der Waals surface area contributed by atoms with Gasteiger partial charge < -0.3 is 18.9 Å². The average Bonchev–Trinajstić information content (AvgIpc) is 3.39. The Morgan fingerprint density at radius 1 is 1.00 bits per heavy atom. The third kappa shape index (κ3) is 3.37. The third-order valence-corrected chi connectivity index (χ3v) is 5.64. The number of furan rings is 1. The minimum Gasteiger partial charge on any atom is -0.497 e. The molecule has 2 aromatic heterocycles. The molecule has 0 saturated carbocycles. The van der Waals surface area contributed by atoms with Crippen molar-refractivity contribution >= 4 is 21.4 Å². The van der Waals surface area contributed by atoms with Gasteiger partial charge in [0.25, 0.3) is 5.89 Å². The summed E-state index contributed by atoms with van der Waals surface area (Å²) in [5.74, 6) is 0.986. The second-order valence-electron chi connectivity index (χ2n) is 5.80. The lowest BCUT2D eigenvalue weighted by Gasteiger charge is -2.07. The minimum atomic E-state index is -3.92. The Hall–Kier alpha value is -3.52. The molecule has 2 aromatic carbocycles. The van der Waals surface area contributed by atoms with E-state index >= 15 is 0 Å². The molecule has 0 fully saturated rings. The molecule has 0 unspecified atom stereocenters. The van der Waals surface area contributed by atoms with Gasteiger partial charge in [-0.3, -0.25) is 0 Å². The van der Waals surface area contributed by atoms with Gasteiger partial charge >= 0.3 is 0 Å². The summed E-state index contributed by atoms with van der Waals surface area (Å²) >= 11 is 0. The summed E-state index contributed by atoms with van der Waals surface area (Å²) in [5.41, 5.74) is 0.589. The second-order valence-corrected chi connectivity index (χ2v) is 7.67. The van der Waals surface area contributed by atoms with Crippen molar-refractivity contribution in [2.75, 3.05) is 12.4 Å². The number of oxazole rings is 1. The first kappa shape index (κ1) is 17.9. The van der Waals surface area contributed by atoms with E-state index in [1.807, 2.05) is 0 Å². The van der Waals surface area contributed by atoms with E-state index in [9.17, 15) is 8.42 Å². The van der Waals surface area contributed by atoms with Gasteiger partial charge in [0.1, 0.15) is 5.75 Å². The van der Waals surface area contributed by atoms with Gasteiger partial charge in [0.05, 0.1) is 18.3 Å².